The summed E-state index contributed by atoms with van der Waals surface area (Å²) in [6, 6.07) is 16.2. The van der Waals surface area contributed by atoms with Crippen LogP contribution >= 0.6 is 11.8 Å². The molecule has 0 saturated carbocycles. The molecule has 0 heterocycles. The summed E-state index contributed by atoms with van der Waals surface area (Å²) >= 11 is 1.49. The second-order valence-corrected chi connectivity index (χ2v) is 4.75. The van der Waals surface area contributed by atoms with E-state index in [0.29, 0.717) is 11.4 Å². The van der Waals surface area contributed by atoms with E-state index in [1.54, 1.807) is 24.3 Å². The number of rotatable bonds is 4. The average molecular weight is 259 g/mol. The number of hydrogen-bond donors (Lipinski definition) is 2. The highest BCUT2D eigenvalue weighted by atomic mass is 32.2. The minimum absolute atomic E-state index is 0.0606. The van der Waals surface area contributed by atoms with E-state index in [0.717, 1.165) is 4.90 Å². The molecule has 3 nitrogen and oxygen atoms in total. The van der Waals surface area contributed by atoms with E-state index in [-0.39, 0.29) is 11.7 Å². The predicted octanol–water partition coefficient (Wildman–Crippen LogP) is 3.12. The highest BCUT2D eigenvalue weighted by Gasteiger charge is 2.03. The molecule has 0 saturated heterocycles. The maximum atomic E-state index is 11.7. The van der Waals surface area contributed by atoms with Crippen LogP contribution in [0.15, 0.2) is 59.5 Å². The molecule has 92 valence electrons. The minimum atomic E-state index is -0.0606. The lowest BCUT2D eigenvalue weighted by Crippen LogP contribution is -2.13. The first-order valence-electron chi connectivity index (χ1n) is 5.51. The van der Waals surface area contributed by atoms with E-state index in [1.807, 2.05) is 30.3 Å². The van der Waals surface area contributed by atoms with Gasteiger partial charge in [0.15, 0.2) is 0 Å². The van der Waals surface area contributed by atoms with Crippen LogP contribution in [-0.4, -0.2) is 16.8 Å². The second kappa shape index (κ2) is 6.12. The van der Waals surface area contributed by atoms with Gasteiger partial charge in [0.25, 0.3) is 0 Å². The number of aromatic hydroxyl groups is 1. The van der Waals surface area contributed by atoms with Crippen LogP contribution in [0.5, 0.6) is 5.75 Å². The van der Waals surface area contributed by atoms with Gasteiger partial charge in [-0.15, -0.1) is 11.8 Å². The zero-order valence-corrected chi connectivity index (χ0v) is 10.5. The number of benzene rings is 2. The lowest BCUT2D eigenvalue weighted by atomic mass is 10.3. The highest BCUT2D eigenvalue weighted by molar-refractivity contribution is 8.00. The van der Waals surface area contributed by atoms with Crippen molar-refractivity contribution in [2.45, 2.75) is 4.90 Å². The normalized spacial score (nSPS) is 10.0. The number of carbonyl (C=O) groups is 1. The molecule has 0 bridgehead atoms. The maximum absolute atomic E-state index is 11.7. The Balaban J connectivity index is 1.84. The van der Waals surface area contributed by atoms with Crippen molar-refractivity contribution in [2.24, 2.45) is 0 Å². The van der Waals surface area contributed by atoms with E-state index >= 15 is 0 Å². The molecule has 0 aromatic heterocycles. The van der Waals surface area contributed by atoms with Gasteiger partial charge in [0, 0.05) is 10.6 Å². The molecule has 0 aliphatic carbocycles. The van der Waals surface area contributed by atoms with Crippen LogP contribution in [0.3, 0.4) is 0 Å². The molecule has 0 spiro atoms. The molecule has 2 aromatic rings. The molecular formula is C14H13NO2S. The quantitative estimate of drug-likeness (QED) is 0.655. The Hall–Kier alpha value is -1.94. The Kier molecular flexibility index (Phi) is 4.25. The maximum Gasteiger partial charge on any atom is 0.234 e. The van der Waals surface area contributed by atoms with Gasteiger partial charge in [-0.1, -0.05) is 18.2 Å². The van der Waals surface area contributed by atoms with Gasteiger partial charge in [-0.05, 0) is 36.4 Å². The Morgan fingerprint density at radius 3 is 2.39 bits per heavy atom. The molecule has 0 fully saturated rings. The van der Waals surface area contributed by atoms with Gasteiger partial charge in [-0.2, -0.15) is 0 Å². The van der Waals surface area contributed by atoms with Gasteiger partial charge in [0.1, 0.15) is 5.75 Å². The summed E-state index contributed by atoms with van der Waals surface area (Å²) in [7, 11) is 0. The fourth-order valence-corrected chi connectivity index (χ4v) is 2.13. The van der Waals surface area contributed by atoms with Crippen LogP contribution in [0.25, 0.3) is 0 Å². The number of anilines is 1. The van der Waals surface area contributed by atoms with Crippen LogP contribution in [0, 0.1) is 0 Å². The van der Waals surface area contributed by atoms with Crippen LogP contribution < -0.4 is 5.32 Å². The number of nitrogens with one attached hydrogen (secondary N) is 1. The van der Waals surface area contributed by atoms with Crippen LogP contribution in [0.2, 0.25) is 0 Å². The Morgan fingerprint density at radius 1 is 1.06 bits per heavy atom. The summed E-state index contributed by atoms with van der Waals surface area (Å²) in [5, 5.41) is 11.9. The van der Waals surface area contributed by atoms with Gasteiger partial charge in [0.05, 0.1) is 5.75 Å². The summed E-state index contributed by atoms with van der Waals surface area (Å²) in [5.41, 5.74) is 0.687. The van der Waals surface area contributed by atoms with Crippen LogP contribution in [0.1, 0.15) is 0 Å². The van der Waals surface area contributed by atoms with Crippen molar-refractivity contribution in [3.8, 4) is 5.75 Å². The zero-order valence-electron chi connectivity index (χ0n) is 9.67. The number of phenols is 1. The number of thioether (sulfide) groups is 1. The average Bonchev–Trinajstić information content (AvgIpc) is 2.40. The topological polar surface area (TPSA) is 49.3 Å². The van der Waals surface area contributed by atoms with E-state index in [1.165, 1.54) is 11.8 Å². The fraction of sp³-hybridized carbons (Fsp3) is 0.0714. The summed E-state index contributed by atoms with van der Waals surface area (Å²) in [6.45, 7) is 0. The van der Waals surface area contributed by atoms with Crippen molar-refractivity contribution >= 4 is 23.4 Å². The summed E-state index contributed by atoms with van der Waals surface area (Å²) in [4.78, 5) is 12.7. The van der Waals surface area contributed by atoms with Gasteiger partial charge < -0.3 is 10.4 Å². The lowest BCUT2D eigenvalue weighted by molar-refractivity contribution is -0.113. The van der Waals surface area contributed by atoms with Crippen molar-refractivity contribution < 1.29 is 9.90 Å². The predicted molar refractivity (Wildman–Crippen MR) is 73.9 cm³/mol. The number of amides is 1. The van der Waals surface area contributed by atoms with Gasteiger partial charge in [-0.3, -0.25) is 4.79 Å². The largest absolute Gasteiger partial charge is 0.508 e. The molecule has 0 radical (unpaired) electrons. The van der Waals surface area contributed by atoms with Crippen molar-refractivity contribution in [1.29, 1.82) is 0 Å². The Labute approximate surface area is 110 Å². The van der Waals surface area contributed by atoms with E-state index in [2.05, 4.69) is 5.32 Å². The Bertz CT molecular complexity index is 511. The molecule has 1 amide bonds. The molecule has 2 aromatic carbocycles. The lowest BCUT2D eigenvalue weighted by Gasteiger charge is -2.05. The molecule has 0 atom stereocenters. The third kappa shape index (κ3) is 3.82. The molecule has 4 heteroatoms. The fourth-order valence-electron chi connectivity index (χ4n) is 1.41. The first kappa shape index (κ1) is 12.5. The molecular weight excluding hydrogens is 246 g/mol. The van der Waals surface area contributed by atoms with Crippen LogP contribution in [0.4, 0.5) is 5.69 Å². The third-order valence-electron chi connectivity index (χ3n) is 2.26. The first-order chi connectivity index (χ1) is 8.74. The van der Waals surface area contributed by atoms with Gasteiger partial charge in [0.2, 0.25) is 5.91 Å². The van der Waals surface area contributed by atoms with Crippen molar-refractivity contribution in [1.82, 2.24) is 0 Å². The summed E-state index contributed by atoms with van der Waals surface area (Å²) < 4.78 is 0. The molecule has 0 unspecified atom stereocenters. The molecule has 0 aliphatic heterocycles. The SMILES string of the molecule is O=C(CSc1ccccc1)Nc1ccc(O)cc1. The highest BCUT2D eigenvalue weighted by Crippen LogP contribution is 2.18. The van der Waals surface area contributed by atoms with Gasteiger partial charge >= 0.3 is 0 Å². The number of phenolic OH excluding ortho intramolecular Hbond substituents is 1. The van der Waals surface area contributed by atoms with E-state index in [4.69, 9.17) is 5.11 Å². The number of carbonyl (C=O) groups excluding carboxylic acids is 1. The standard InChI is InChI=1S/C14H13NO2S/c16-12-8-6-11(7-9-12)15-14(17)10-18-13-4-2-1-3-5-13/h1-9,16H,10H2,(H,15,17). The molecule has 2 rings (SSSR count). The zero-order chi connectivity index (χ0) is 12.8. The first-order valence-corrected chi connectivity index (χ1v) is 6.49. The minimum Gasteiger partial charge on any atom is -0.508 e. The number of hydrogen-bond acceptors (Lipinski definition) is 3. The van der Waals surface area contributed by atoms with Crippen LogP contribution in [-0.2, 0) is 4.79 Å². The van der Waals surface area contributed by atoms with Gasteiger partial charge in [-0.25, -0.2) is 0 Å². The molecule has 2 N–H and O–H groups in total. The smallest absolute Gasteiger partial charge is 0.234 e. The molecule has 18 heavy (non-hydrogen) atoms. The summed E-state index contributed by atoms with van der Waals surface area (Å²) in [6.07, 6.45) is 0. The monoisotopic (exact) mass is 259 g/mol. The summed E-state index contributed by atoms with van der Waals surface area (Å²) in [5.74, 6) is 0.492. The van der Waals surface area contributed by atoms with Crippen molar-refractivity contribution in [3.63, 3.8) is 0 Å². The second-order valence-electron chi connectivity index (χ2n) is 3.70. The third-order valence-corrected chi connectivity index (χ3v) is 3.28. The molecule has 0 aliphatic rings. The van der Waals surface area contributed by atoms with E-state index < -0.39 is 0 Å². The van der Waals surface area contributed by atoms with E-state index in [9.17, 15) is 4.79 Å². The Morgan fingerprint density at radius 2 is 1.72 bits per heavy atom. The van der Waals surface area contributed by atoms with Crippen molar-refractivity contribution in [2.75, 3.05) is 11.1 Å². The van der Waals surface area contributed by atoms with Crippen molar-refractivity contribution in [3.05, 3.63) is 54.6 Å².